The monoisotopic (exact) mass is 293 g/mol. The zero-order chi connectivity index (χ0) is 16.1. The SMILES string of the molecule is Cc1ccncc1CNC(C)(C)CNC(=O)OC(C)(C)C. The highest BCUT2D eigenvalue weighted by Gasteiger charge is 2.21. The van der Waals surface area contributed by atoms with E-state index in [1.807, 2.05) is 46.9 Å². The van der Waals surface area contributed by atoms with Gasteiger partial charge in [0.15, 0.2) is 0 Å². The average molecular weight is 293 g/mol. The van der Waals surface area contributed by atoms with Gasteiger partial charge in [-0.15, -0.1) is 0 Å². The van der Waals surface area contributed by atoms with Crippen LogP contribution in [0.15, 0.2) is 18.5 Å². The first-order valence-corrected chi connectivity index (χ1v) is 7.20. The maximum absolute atomic E-state index is 11.7. The van der Waals surface area contributed by atoms with Crippen LogP contribution < -0.4 is 10.6 Å². The Kier molecular flexibility index (Phi) is 5.72. The Morgan fingerprint density at radius 3 is 2.52 bits per heavy atom. The summed E-state index contributed by atoms with van der Waals surface area (Å²) in [5.41, 5.74) is 1.64. The number of alkyl carbamates (subject to hydrolysis) is 1. The number of carbonyl (C=O) groups is 1. The molecule has 0 saturated carbocycles. The Hall–Kier alpha value is -1.62. The van der Waals surface area contributed by atoms with Crippen molar-refractivity contribution >= 4 is 6.09 Å². The number of carbonyl (C=O) groups excluding carboxylic acids is 1. The highest BCUT2D eigenvalue weighted by Crippen LogP contribution is 2.09. The molecule has 1 amide bonds. The number of nitrogens with zero attached hydrogens (tertiary/aromatic N) is 1. The van der Waals surface area contributed by atoms with Crippen LogP contribution in [0.4, 0.5) is 4.79 Å². The van der Waals surface area contributed by atoms with E-state index in [1.165, 1.54) is 5.56 Å². The van der Waals surface area contributed by atoms with Crippen molar-refractivity contribution < 1.29 is 9.53 Å². The van der Waals surface area contributed by atoms with Crippen molar-refractivity contribution in [1.82, 2.24) is 15.6 Å². The van der Waals surface area contributed by atoms with Crippen molar-refractivity contribution in [3.8, 4) is 0 Å². The maximum atomic E-state index is 11.7. The molecule has 21 heavy (non-hydrogen) atoms. The van der Waals surface area contributed by atoms with Gasteiger partial charge in [-0.3, -0.25) is 4.98 Å². The van der Waals surface area contributed by atoms with E-state index in [9.17, 15) is 4.79 Å². The van der Waals surface area contributed by atoms with Crippen LogP contribution in [0.25, 0.3) is 0 Å². The first kappa shape index (κ1) is 17.4. The Bertz CT molecular complexity index is 479. The molecule has 5 nitrogen and oxygen atoms in total. The minimum absolute atomic E-state index is 0.237. The quantitative estimate of drug-likeness (QED) is 0.876. The fraction of sp³-hybridized carbons (Fsp3) is 0.625. The molecule has 0 spiro atoms. The van der Waals surface area contributed by atoms with Crippen LogP contribution in [0.5, 0.6) is 0 Å². The molecular weight excluding hydrogens is 266 g/mol. The fourth-order valence-electron chi connectivity index (χ4n) is 1.69. The topological polar surface area (TPSA) is 63.2 Å². The summed E-state index contributed by atoms with van der Waals surface area (Å²) >= 11 is 0. The van der Waals surface area contributed by atoms with Crippen LogP contribution in [0.3, 0.4) is 0 Å². The van der Waals surface area contributed by atoms with E-state index >= 15 is 0 Å². The zero-order valence-electron chi connectivity index (χ0n) is 13.9. The third kappa shape index (κ3) is 7.09. The van der Waals surface area contributed by atoms with Crippen molar-refractivity contribution in [2.75, 3.05) is 6.54 Å². The molecule has 0 unspecified atom stereocenters. The van der Waals surface area contributed by atoms with Crippen LogP contribution >= 0.6 is 0 Å². The van der Waals surface area contributed by atoms with Gasteiger partial charge in [0.1, 0.15) is 5.60 Å². The molecule has 1 aromatic rings. The number of hydrogen-bond acceptors (Lipinski definition) is 4. The molecule has 0 radical (unpaired) electrons. The average Bonchev–Trinajstić information content (AvgIpc) is 2.34. The first-order valence-electron chi connectivity index (χ1n) is 7.20. The Labute approximate surface area is 127 Å². The Morgan fingerprint density at radius 2 is 1.95 bits per heavy atom. The highest BCUT2D eigenvalue weighted by molar-refractivity contribution is 5.67. The minimum atomic E-state index is -0.478. The van der Waals surface area contributed by atoms with Crippen LogP contribution in [-0.2, 0) is 11.3 Å². The summed E-state index contributed by atoms with van der Waals surface area (Å²) in [4.78, 5) is 15.8. The van der Waals surface area contributed by atoms with E-state index in [1.54, 1.807) is 6.20 Å². The largest absolute Gasteiger partial charge is 0.444 e. The second-order valence-electron chi connectivity index (χ2n) is 6.90. The lowest BCUT2D eigenvalue weighted by atomic mass is 10.0. The Balaban J connectivity index is 2.44. The van der Waals surface area contributed by atoms with Crippen LogP contribution in [0.2, 0.25) is 0 Å². The molecule has 0 saturated heterocycles. The molecular formula is C16H27N3O2. The van der Waals surface area contributed by atoms with Gasteiger partial charge in [0.05, 0.1) is 0 Å². The second-order valence-corrected chi connectivity index (χ2v) is 6.90. The normalized spacial score (nSPS) is 12.1. The van der Waals surface area contributed by atoms with Crippen molar-refractivity contribution in [2.24, 2.45) is 0 Å². The fourth-order valence-corrected chi connectivity index (χ4v) is 1.69. The number of nitrogens with one attached hydrogen (secondary N) is 2. The number of aryl methyl sites for hydroxylation is 1. The molecule has 5 heteroatoms. The van der Waals surface area contributed by atoms with Gasteiger partial charge in [-0.2, -0.15) is 0 Å². The highest BCUT2D eigenvalue weighted by atomic mass is 16.6. The standard InChI is InChI=1S/C16H27N3O2/c1-12-7-8-17-9-13(12)10-19-16(5,6)11-18-14(20)21-15(2,3)4/h7-9,19H,10-11H2,1-6H3,(H,18,20). The zero-order valence-corrected chi connectivity index (χ0v) is 13.9. The lowest BCUT2D eigenvalue weighted by molar-refractivity contribution is 0.0513. The van der Waals surface area contributed by atoms with Gasteiger partial charge in [0.25, 0.3) is 0 Å². The summed E-state index contributed by atoms with van der Waals surface area (Å²) in [6.45, 7) is 12.9. The lowest BCUT2D eigenvalue weighted by Gasteiger charge is -2.28. The summed E-state index contributed by atoms with van der Waals surface area (Å²) < 4.78 is 5.23. The predicted octanol–water partition coefficient (Wildman–Crippen LogP) is 2.78. The van der Waals surface area contributed by atoms with E-state index in [-0.39, 0.29) is 5.54 Å². The molecule has 0 atom stereocenters. The molecule has 0 bridgehead atoms. The molecule has 0 fully saturated rings. The third-order valence-corrected chi connectivity index (χ3v) is 2.98. The van der Waals surface area contributed by atoms with E-state index < -0.39 is 11.7 Å². The molecule has 0 aliphatic heterocycles. The van der Waals surface area contributed by atoms with Gasteiger partial charge in [0, 0.05) is 31.0 Å². The van der Waals surface area contributed by atoms with Gasteiger partial charge < -0.3 is 15.4 Å². The molecule has 1 aromatic heterocycles. The van der Waals surface area contributed by atoms with E-state index in [4.69, 9.17) is 4.74 Å². The molecule has 0 aromatic carbocycles. The number of amides is 1. The van der Waals surface area contributed by atoms with Crippen LogP contribution in [0.1, 0.15) is 45.7 Å². The summed E-state index contributed by atoms with van der Waals surface area (Å²) in [5.74, 6) is 0. The van der Waals surface area contributed by atoms with Crippen molar-refractivity contribution in [1.29, 1.82) is 0 Å². The molecule has 1 heterocycles. The van der Waals surface area contributed by atoms with Crippen molar-refractivity contribution in [3.05, 3.63) is 29.6 Å². The number of aromatic nitrogens is 1. The van der Waals surface area contributed by atoms with Crippen molar-refractivity contribution in [3.63, 3.8) is 0 Å². The van der Waals surface area contributed by atoms with E-state index in [2.05, 4.69) is 22.5 Å². The minimum Gasteiger partial charge on any atom is -0.444 e. The van der Waals surface area contributed by atoms with Gasteiger partial charge in [0.2, 0.25) is 0 Å². The van der Waals surface area contributed by atoms with Gasteiger partial charge in [-0.25, -0.2) is 4.79 Å². The number of hydrogen-bond donors (Lipinski definition) is 2. The maximum Gasteiger partial charge on any atom is 0.407 e. The molecule has 1 rings (SSSR count). The summed E-state index contributed by atoms with van der Waals surface area (Å²) in [7, 11) is 0. The van der Waals surface area contributed by atoms with E-state index in [0.29, 0.717) is 13.1 Å². The lowest BCUT2D eigenvalue weighted by Crippen LogP contribution is -2.49. The van der Waals surface area contributed by atoms with Crippen LogP contribution in [-0.4, -0.2) is 28.8 Å². The molecule has 2 N–H and O–H groups in total. The summed E-state index contributed by atoms with van der Waals surface area (Å²) in [5, 5.41) is 6.22. The van der Waals surface area contributed by atoms with Crippen LogP contribution in [0, 0.1) is 6.92 Å². The van der Waals surface area contributed by atoms with Crippen molar-refractivity contribution in [2.45, 2.75) is 59.2 Å². The molecule has 0 aliphatic carbocycles. The molecule has 0 aliphatic rings. The number of rotatable bonds is 5. The van der Waals surface area contributed by atoms with Gasteiger partial charge in [-0.05, 0) is 58.7 Å². The first-order chi connectivity index (χ1) is 9.59. The smallest absolute Gasteiger partial charge is 0.407 e. The van der Waals surface area contributed by atoms with E-state index in [0.717, 1.165) is 5.56 Å². The van der Waals surface area contributed by atoms with Gasteiger partial charge in [-0.1, -0.05) is 0 Å². The second kappa shape index (κ2) is 6.89. The predicted molar refractivity (Wildman–Crippen MR) is 84.1 cm³/mol. The summed E-state index contributed by atoms with van der Waals surface area (Å²) in [6.07, 6.45) is 3.25. The number of ether oxygens (including phenoxy) is 1. The third-order valence-electron chi connectivity index (χ3n) is 2.98. The number of pyridine rings is 1. The van der Waals surface area contributed by atoms with Gasteiger partial charge >= 0.3 is 6.09 Å². The Morgan fingerprint density at radius 1 is 1.29 bits per heavy atom. The molecule has 118 valence electrons. The summed E-state index contributed by atoms with van der Waals surface area (Å²) in [6, 6.07) is 1.99.